The van der Waals surface area contributed by atoms with Crippen molar-refractivity contribution < 1.29 is 4.79 Å². The van der Waals surface area contributed by atoms with E-state index in [1.807, 2.05) is 6.08 Å². The maximum absolute atomic E-state index is 11.0. The Kier molecular flexibility index (Phi) is 2.49. The summed E-state index contributed by atoms with van der Waals surface area (Å²) in [6.07, 6.45) is 4.41. The second-order valence-corrected chi connectivity index (χ2v) is 3.93. The summed E-state index contributed by atoms with van der Waals surface area (Å²) in [6.45, 7) is 2.09. The van der Waals surface area contributed by atoms with Crippen molar-refractivity contribution in [1.82, 2.24) is 0 Å². The number of carbonyl (C=O) groups is 1. The summed E-state index contributed by atoms with van der Waals surface area (Å²) in [5.74, 6) is 0.285. The van der Waals surface area contributed by atoms with Crippen LogP contribution in [0.15, 0.2) is 35.9 Å². The highest BCUT2D eigenvalue weighted by Gasteiger charge is 2.11. The van der Waals surface area contributed by atoms with Gasteiger partial charge in [-0.3, -0.25) is 4.79 Å². The molecule has 0 N–H and O–H groups in total. The second-order valence-electron chi connectivity index (χ2n) is 3.93. The van der Waals surface area contributed by atoms with Crippen LogP contribution in [0.2, 0.25) is 0 Å². The van der Waals surface area contributed by atoms with E-state index in [4.69, 9.17) is 0 Å². The first-order valence-corrected chi connectivity index (χ1v) is 5.02. The van der Waals surface area contributed by atoms with Crippen LogP contribution in [0.4, 0.5) is 0 Å². The summed E-state index contributed by atoms with van der Waals surface area (Å²) < 4.78 is 0. The van der Waals surface area contributed by atoms with Gasteiger partial charge in [-0.25, -0.2) is 0 Å². The first-order chi connectivity index (χ1) is 6.74. The molecule has 0 amide bonds. The lowest BCUT2D eigenvalue weighted by molar-refractivity contribution is -0.114. The molecule has 0 saturated heterocycles. The van der Waals surface area contributed by atoms with E-state index in [9.17, 15) is 4.79 Å². The Balaban J connectivity index is 2.11. The van der Waals surface area contributed by atoms with Crippen molar-refractivity contribution in [3.05, 3.63) is 47.0 Å². The van der Waals surface area contributed by atoms with Gasteiger partial charge in [0.15, 0.2) is 5.78 Å². The lowest BCUT2D eigenvalue weighted by Gasteiger charge is -2.02. The average molecular weight is 186 g/mol. The van der Waals surface area contributed by atoms with Crippen molar-refractivity contribution in [2.45, 2.75) is 26.2 Å². The molecule has 0 radical (unpaired) electrons. The van der Waals surface area contributed by atoms with Crippen LogP contribution in [-0.2, 0) is 11.2 Å². The quantitative estimate of drug-likeness (QED) is 0.694. The van der Waals surface area contributed by atoms with Gasteiger partial charge >= 0.3 is 0 Å². The monoisotopic (exact) mass is 186 g/mol. The van der Waals surface area contributed by atoms with Crippen molar-refractivity contribution >= 4 is 5.78 Å². The standard InChI is InChI=1S/C13H14O/c1-10-3-2-4-11(7-10)8-12-5-6-13(14)9-12/h2-4,7,9H,5-6,8H2,1H3. The number of carbonyl (C=O) groups excluding carboxylic acids is 1. The highest BCUT2D eigenvalue weighted by Crippen LogP contribution is 2.19. The summed E-state index contributed by atoms with van der Waals surface area (Å²) in [6, 6.07) is 8.47. The zero-order chi connectivity index (χ0) is 9.97. The predicted octanol–water partition coefficient (Wildman–Crippen LogP) is 2.83. The molecule has 1 aliphatic rings. The summed E-state index contributed by atoms with van der Waals surface area (Å²) in [5.41, 5.74) is 3.87. The zero-order valence-corrected chi connectivity index (χ0v) is 8.42. The lowest BCUT2D eigenvalue weighted by Crippen LogP contribution is -1.88. The molecular weight excluding hydrogens is 172 g/mol. The lowest BCUT2D eigenvalue weighted by atomic mass is 10.0. The number of benzene rings is 1. The van der Waals surface area contributed by atoms with Crippen molar-refractivity contribution in [2.24, 2.45) is 0 Å². The zero-order valence-electron chi connectivity index (χ0n) is 8.42. The van der Waals surface area contributed by atoms with E-state index in [2.05, 4.69) is 31.2 Å². The number of allylic oxidation sites excluding steroid dienone is 2. The number of hydrogen-bond donors (Lipinski definition) is 0. The van der Waals surface area contributed by atoms with Crippen molar-refractivity contribution in [1.29, 1.82) is 0 Å². The van der Waals surface area contributed by atoms with Crippen LogP contribution in [0.5, 0.6) is 0 Å². The highest BCUT2D eigenvalue weighted by atomic mass is 16.1. The van der Waals surface area contributed by atoms with E-state index in [0.29, 0.717) is 6.42 Å². The Labute approximate surface area is 84.5 Å². The topological polar surface area (TPSA) is 17.1 Å². The first kappa shape index (κ1) is 9.20. The molecule has 1 heteroatoms. The SMILES string of the molecule is Cc1cccc(CC2=CC(=O)CC2)c1. The Bertz CT molecular complexity index is 388. The minimum Gasteiger partial charge on any atom is -0.295 e. The molecule has 0 aliphatic heterocycles. The third-order valence-electron chi connectivity index (χ3n) is 2.57. The van der Waals surface area contributed by atoms with E-state index in [1.54, 1.807) is 0 Å². The average Bonchev–Trinajstić information content (AvgIpc) is 2.51. The predicted molar refractivity (Wildman–Crippen MR) is 57.2 cm³/mol. The maximum Gasteiger partial charge on any atom is 0.155 e. The molecule has 0 unspecified atom stereocenters. The first-order valence-electron chi connectivity index (χ1n) is 5.02. The van der Waals surface area contributed by atoms with Gasteiger partial charge in [-0.15, -0.1) is 0 Å². The van der Waals surface area contributed by atoms with E-state index in [1.165, 1.54) is 16.7 Å². The van der Waals surface area contributed by atoms with Gasteiger partial charge in [-0.2, -0.15) is 0 Å². The Morgan fingerprint density at radius 2 is 2.14 bits per heavy atom. The summed E-state index contributed by atoms with van der Waals surface area (Å²) >= 11 is 0. The van der Waals surface area contributed by atoms with E-state index in [-0.39, 0.29) is 5.78 Å². The van der Waals surface area contributed by atoms with Crippen molar-refractivity contribution in [2.75, 3.05) is 0 Å². The van der Waals surface area contributed by atoms with Gasteiger partial charge in [0.1, 0.15) is 0 Å². The fourth-order valence-corrected chi connectivity index (χ4v) is 1.88. The molecule has 1 nitrogen and oxygen atoms in total. The van der Waals surface area contributed by atoms with Crippen LogP contribution in [0.25, 0.3) is 0 Å². The molecule has 0 atom stereocenters. The van der Waals surface area contributed by atoms with E-state index in [0.717, 1.165) is 12.8 Å². The maximum atomic E-state index is 11.0. The Morgan fingerprint density at radius 3 is 2.79 bits per heavy atom. The number of aryl methyl sites for hydroxylation is 1. The van der Waals surface area contributed by atoms with Gasteiger partial charge < -0.3 is 0 Å². The minimum atomic E-state index is 0.285. The molecule has 14 heavy (non-hydrogen) atoms. The number of ketones is 1. The summed E-state index contributed by atoms with van der Waals surface area (Å²) in [4.78, 5) is 11.0. The van der Waals surface area contributed by atoms with Gasteiger partial charge in [0, 0.05) is 6.42 Å². The van der Waals surface area contributed by atoms with Crippen LogP contribution in [-0.4, -0.2) is 5.78 Å². The van der Waals surface area contributed by atoms with E-state index < -0.39 is 0 Å². The fourth-order valence-electron chi connectivity index (χ4n) is 1.88. The second kappa shape index (κ2) is 3.79. The van der Waals surface area contributed by atoms with Crippen LogP contribution in [0, 0.1) is 6.92 Å². The van der Waals surface area contributed by atoms with Crippen LogP contribution in [0.1, 0.15) is 24.0 Å². The molecule has 1 aliphatic carbocycles. The Morgan fingerprint density at radius 1 is 1.29 bits per heavy atom. The molecule has 72 valence electrons. The number of hydrogen-bond acceptors (Lipinski definition) is 1. The van der Waals surface area contributed by atoms with Crippen LogP contribution < -0.4 is 0 Å². The normalized spacial score (nSPS) is 15.8. The smallest absolute Gasteiger partial charge is 0.155 e. The van der Waals surface area contributed by atoms with E-state index >= 15 is 0 Å². The molecule has 0 fully saturated rings. The molecule has 2 rings (SSSR count). The summed E-state index contributed by atoms with van der Waals surface area (Å²) in [7, 11) is 0. The molecule has 0 aromatic heterocycles. The fraction of sp³-hybridized carbons (Fsp3) is 0.308. The third-order valence-corrected chi connectivity index (χ3v) is 2.57. The van der Waals surface area contributed by atoms with Crippen molar-refractivity contribution in [3.8, 4) is 0 Å². The van der Waals surface area contributed by atoms with Gasteiger partial charge in [0.2, 0.25) is 0 Å². The van der Waals surface area contributed by atoms with Gasteiger partial charge in [0.05, 0.1) is 0 Å². The Hall–Kier alpha value is -1.37. The molecule has 1 aromatic rings. The minimum absolute atomic E-state index is 0.285. The molecule has 0 spiro atoms. The molecule has 0 heterocycles. The van der Waals surface area contributed by atoms with Gasteiger partial charge in [0.25, 0.3) is 0 Å². The van der Waals surface area contributed by atoms with Gasteiger partial charge in [-0.05, 0) is 31.4 Å². The molecule has 0 saturated carbocycles. The summed E-state index contributed by atoms with van der Waals surface area (Å²) in [5, 5.41) is 0. The van der Waals surface area contributed by atoms with Crippen LogP contribution >= 0.6 is 0 Å². The number of rotatable bonds is 2. The third kappa shape index (κ3) is 2.11. The largest absolute Gasteiger partial charge is 0.295 e. The van der Waals surface area contributed by atoms with Crippen LogP contribution in [0.3, 0.4) is 0 Å². The van der Waals surface area contributed by atoms with Crippen molar-refractivity contribution in [3.63, 3.8) is 0 Å². The van der Waals surface area contributed by atoms with Gasteiger partial charge in [-0.1, -0.05) is 35.4 Å². The molecule has 0 bridgehead atoms. The highest BCUT2D eigenvalue weighted by molar-refractivity contribution is 5.93. The molecular formula is C13H14O. The molecule has 1 aromatic carbocycles.